The van der Waals surface area contributed by atoms with Gasteiger partial charge in [0.25, 0.3) is 0 Å². The molecule has 1 atom stereocenters. The van der Waals surface area contributed by atoms with Gasteiger partial charge in [-0.05, 0) is 48.9 Å². The second-order valence-electron chi connectivity index (χ2n) is 6.01. The molecule has 0 saturated carbocycles. The van der Waals surface area contributed by atoms with Crippen molar-refractivity contribution in [2.45, 2.75) is 38.3 Å². The van der Waals surface area contributed by atoms with Crippen molar-refractivity contribution in [3.8, 4) is 0 Å². The lowest BCUT2D eigenvalue weighted by Crippen LogP contribution is -2.49. The Morgan fingerprint density at radius 1 is 1.27 bits per heavy atom. The summed E-state index contributed by atoms with van der Waals surface area (Å²) in [7, 11) is 0. The molecule has 114 valence electrons. The Bertz CT molecular complexity index is 656. The molecule has 0 spiro atoms. The molecule has 1 aromatic carbocycles. The van der Waals surface area contributed by atoms with E-state index in [9.17, 15) is 4.79 Å². The summed E-state index contributed by atoms with van der Waals surface area (Å²) >= 11 is 0. The van der Waals surface area contributed by atoms with Crippen molar-refractivity contribution in [2.24, 2.45) is 0 Å². The number of benzene rings is 1. The second kappa shape index (κ2) is 6.18. The number of urea groups is 1. The van der Waals surface area contributed by atoms with Crippen LogP contribution < -0.4 is 10.6 Å². The zero-order chi connectivity index (χ0) is 15.4. The number of aromatic nitrogens is 1. The van der Waals surface area contributed by atoms with E-state index in [4.69, 9.17) is 0 Å². The van der Waals surface area contributed by atoms with Crippen LogP contribution in [0, 0.1) is 0 Å². The third-order valence-corrected chi connectivity index (χ3v) is 4.30. The number of aryl methyl sites for hydroxylation is 1. The van der Waals surface area contributed by atoms with Crippen molar-refractivity contribution >= 4 is 6.03 Å². The van der Waals surface area contributed by atoms with Crippen LogP contribution in [0.4, 0.5) is 4.79 Å². The molecule has 2 amide bonds. The zero-order valence-electron chi connectivity index (χ0n) is 12.8. The molecule has 0 aliphatic heterocycles. The number of hydrogen-bond donors (Lipinski definition) is 2. The van der Waals surface area contributed by atoms with Gasteiger partial charge in [0, 0.05) is 18.9 Å². The summed E-state index contributed by atoms with van der Waals surface area (Å²) in [5.74, 6) is 0. The summed E-state index contributed by atoms with van der Waals surface area (Å²) in [5, 5.41) is 6.06. The molecule has 2 N–H and O–H groups in total. The van der Waals surface area contributed by atoms with Crippen LogP contribution in [-0.4, -0.2) is 11.0 Å². The molecule has 22 heavy (non-hydrogen) atoms. The Balaban J connectivity index is 1.66. The summed E-state index contributed by atoms with van der Waals surface area (Å²) < 4.78 is 0. The van der Waals surface area contributed by atoms with E-state index in [1.54, 1.807) is 12.4 Å². The molecular weight excluding hydrogens is 274 g/mol. The SMILES string of the molecule is CC1(NC(=O)NCc2cccnc2)CCCc2ccccc21. The lowest BCUT2D eigenvalue weighted by atomic mass is 9.78. The highest BCUT2D eigenvalue weighted by Crippen LogP contribution is 2.34. The van der Waals surface area contributed by atoms with E-state index < -0.39 is 0 Å². The highest BCUT2D eigenvalue weighted by molar-refractivity contribution is 5.75. The highest BCUT2D eigenvalue weighted by atomic mass is 16.2. The van der Waals surface area contributed by atoms with Crippen LogP contribution in [0.25, 0.3) is 0 Å². The van der Waals surface area contributed by atoms with Crippen molar-refractivity contribution < 1.29 is 4.79 Å². The minimum atomic E-state index is -0.298. The largest absolute Gasteiger partial charge is 0.334 e. The first kappa shape index (κ1) is 14.6. The van der Waals surface area contributed by atoms with E-state index in [1.165, 1.54) is 11.1 Å². The number of carbonyl (C=O) groups is 1. The Kier molecular flexibility index (Phi) is 4.09. The number of nitrogens with one attached hydrogen (secondary N) is 2. The molecular formula is C18H21N3O. The maximum atomic E-state index is 12.3. The van der Waals surface area contributed by atoms with E-state index in [0.717, 1.165) is 24.8 Å². The van der Waals surface area contributed by atoms with Gasteiger partial charge in [0.05, 0.1) is 5.54 Å². The van der Waals surface area contributed by atoms with Crippen LogP contribution in [0.5, 0.6) is 0 Å². The number of nitrogens with zero attached hydrogens (tertiary/aromatic N) is 1. The number of pyridine rings is 1. The van der Waals surface area contributed by atoms with E-state index in [1.807, 2.05) is 18.2 Å². The molecule has 1 heterocycles. The van der Waals surface area contributed by atoms with Crippen LogP contribution in [0.2, 0.25) is 0 Å². The first-order valence-corrected chi connectivity index (χ1v) is 7.71. The van der Waals surface area contributed by atoms with Crippen molar-refractivity contribution in [1.29, 1.82) is 0 Å². The topological polar surface area (TPSA) is 54.0 Å². The summed E-state index contributed by atoms with van der Waals surface area (Å²) in [4.78, 5) is 16.3. The second-order valence-corrected chi connectivity index (χ2v) is 6.01. The van der Waals surface area contributed by atoms with Crippen molar-refractivity contribution in [3.05, 3.63) is 65.5 Å². The van der Waals surface area contributed by atoms with Gasteiger partial charge in [0.1, 0.15) is 0 Å². The monoisotopic (exact) mass is 295 g/mol. The predicted molar refractivity (Wildman–Crippen MR) is 86.3 cm³/mol. The Hall–Kier alpha value is -2.36. The molecule has 0 fully saturated rings. The van der Waals surface area contributed by atoms with E-state index >= 15 is 0 Å². The quantitative estimate of drug-likeness (QED) is 0.914. The molecule has 1 aromatic heterocycles. The van der Waals surface area contributed by atoms with Gasteiger partial charge in [-0.2, -0.15) is 0 Å². The summed E-state index contributed by atoms with van der Waals surface area (Å²) in [5.41, 5.74) is 3.27. The van der Waals surface area contributed by atoms with Gasteiger partial charge in [-0.3, -0.25) is 4.98 Å². The molecule has 2 aromatic rings. The number of rotatable bonds is 3. The third-order valence-electron chi connectivity index (χ3n) is 4.30. The smallest absolute Gasteiger partial charge is 0.315 e. The summed E-state index contributed by atoms with van der Waals surface area (Å²) in [6.07, 6.45) is 6.63. The standard InChI is InChI=1S/C18H21N3O/c1-18(10-4-8-15-7-2-3-9-16(15)18)21-17(22)20-13-14-6-5-11-19-12-14/h2-3,5-7,9,11-12H,4,8,10,13H2,1H3,(H2,20,21,22). The van der Waals surface area contributed by atoms with Crippen molar-refractivity contribution in [1.82, 2.24) is 15.6 Å². The Morgan fingerprint density at radius 2 is 2.14 bits per heavy atom. The van der Waals surface area contributed by atoms with E-state index in [0.29, 0.717) is 6.54 Å². The Morgan fingerprint density at radius 3 is 2.95 bits per heavy atom. The van der Waals surface area contributed by atoms with Crippen molar-refractivity contribution in [3.63, 3.8) is 0 Å². The maximum Gasteiger partial charge on any atom is 0.315 e. The van der Waals surface area contributed by atoms with Gasteiger partial charge in [0.2, 0.25) is 0 Å². The van der Waals surface area contributed by atoms with Crippen LogP contribution in [0.3, 0.4) is 0 Å². The summed E-state index contributed by atoms with van der Waals surface area (Å²) in [6.45, 7) is 2.59. The summed E-state index contributed by atoms with van der Waals surface area (Å²) in [6, 6.07) is 12.1. The maximum absolute atomic E-state index is 12.3. The third kappa shape index (κ3) is 3.11. The van der Waals surface area contributed by atoms with Gasteiger partial charge in [-0.1, -0.05) is 30.3 Å². The number of hydrogen-bond acceptors (Lipinski definition) is 2. The Labute approximate surface area is 131 Å². The molecule has 0 bridgehead atoms. The first-order valence-electron chi connectivity index (χ1n) is 7.71. The molecule has 3 rings (SSSR count). The molecule has 4 heteroatoms. The minimum Gasteiger partial charge on any atom is -0.334 e. The fourth-order valence-electron chi connectivity index (χ4n) is 3.15. The molecule has 1 aliphatic rings. The molecule has 0 radical (unpaired) electrons. The molecule has 0 saturated heterocycles. The molecule has 1 aliphatic carbocycles. The molecule has 1 unspecified atom stereocenters. The number of carbonyl (C=O) groups excluding carboxylic acids is 1. The van der Waals surface area contributed by atoms with Gasteiger partial charge >= 0.3 is 6.03 Å². The molecule has 4 nitrogen and oxygen atoms in total. The predicted octanol–water partition coefficient (Wildman–Crippen LogP) is 3.13. The normalized spacial score (nSPS) is 20.0. The van der Waals surface area contributed by atoms with Gasteiger partial charge < -0.3 is 10.6 Å². The highest BCUT2D eigenvalue weighted by Gasteiger charge is 2.33. The lowest BCUT2D eigenvalue weighted by Gasteiger charge is -2.36. The van der Waals surface area contributed by atoms with E-state index in [-0.39, 0.29) is 11.6 Å². The fraction of sp³-hybridized carbons (Fsp3) is 0.333. The van der Waals surface area contributed by atoms with Crippen molar-refractivity contribution in [2.75, 3.05) is 0 Å². The van der Waals surface area contributed by atoms with Crippen LogP contribution in [0.1, 0.15) is 36.5 Å². The van der Waals surface area contributed by atoms with Gasteiger partial charge in [-0.25, -0.2) is 4.79 Å². The average molecular weight is 295 g/mol. The van der Waals surface area contributed by atoms with Crippen LogP contribution in [0.15, 0.2) is 48.8 Å². The van der Waals surface area contributed by atoms with Gasteiger partial charge in [-0.15, -0.1) is 0 Å². The number of fused-ring (bicyclic) bond motifs is 1. The average Bonchev–Trinajstić information content (AvgIpc) is 2.54. The van der Waals surface area contributed by atoms with Crippen LogP contribution in [-0.2, 0) is 18.5 Å². The zero-order valence-corrected chi connectivity index (χ0v) is 12.8. The van der Waals surface area contributed by atoms with Gasteiger partial charge in [0.15, 0.2) is 0 Å². The van der Waals surface area contributed by atoms with E-state index in [2.05, 4.69) is 40.7 Å². The lowest BCUT2D eigenvalue weighted by molar-refractivity contribution is 0.221. The van der Waals surface area contributed by atoms with Crippen LogP contribution >= 0.6 is 0 Å². The minimum absolute atomic E-state index is 0.136. The number of amides is 2. The fourth-order valence-corrected chi connectivity index (χ4v) is 3.15. The first-order chi connectivity index (χ1) is 10.7.